The molecule has 1 heterocycles. The van der Waals surface area contributed by atoms with Crippen molar-refractivity contribution < 1.29 is 12.8 Å². The smallest absolute Gasteiger partial charge is 0.153 e. The molecule has 0 bridgehead atoms. The fraction of sp³-hybridized carbons (Fsp3) is 0.600. The maximum atomic E-state index is 13.1. The molecule has 0 amide bonds. The molecule has 1 aromatic carbocycles. The van der Waals surface area contributed by atoms with Gasteiger partial charge in [0.2, 0.25) is 0 Å². The van der Waals surface area contributed by atoms with E-state index in [-0.39, 0.29) is 35.4 Å². The summed E-state index contributed by atoms with van der Waals surface area (Å²) >= 11 is 0. The minimum Gasteiger partial charge on any atom is -0.326 e. The molecule has 2 rings (SSSR count). The van der Waals surface area contributed by atoms with Crippen LogP contribution in [0.3, 0.4) is 0 Å². The van der Waals surface area contributed by atoms with E-state index in [4.69, 9.17) is 5.73 Å². The second-order valence-electron chi connectivity index (χ2n) is 5.77. The molecule has 0 radical (unpaired) electrons. The highest BCUT2D eigenvalue weighted by Gasteiger charge is 2.35. The number of benzene rings is 1. The highest BCUT2D eigenvalue weighted by atomic mass is 32.2. The van der Waals surface area contributed by atoms with Gasteiger partial charge in [0.15, 0.2) is 9.84 Å². The zero-order valence-corrected chi connectivity index (χ0v) is 13.3. The van der Waals surface area contributed by atoms with Crippen LogP contribution < -0.4 is 5.73 Å². The summed E-state index contributed by atoms with van der Waals surface area (Å²) in [6.07, 6.45) is 0.776. The van der Waals surface area contributed by atoms with Gasteiger partial charge >= 0.3 is 0 Å². The molecule has 2 N–H and O–H groups in total. The van der Waals surface area contributed by atoms with Gasteiger partial charge in [0, 0.05) is 18.6 Å². The first-order valence-corrected chi connectivity index (χ1v) is 9.13. The number of nitrogens with zero attached hydrogens (tertiary/aromatic N) is 1. The van der Waals surface area contributed by atoms with E-state index in [1.165, 1.54) is 12.1 Å². The SMILES string of the molecule is CCC(N)C(c1ccc(F)cc1)N1CCS(=O)(=O)CC1C. The topological polar surface area (TPSA) is 63.4 Å². The van der Waals surface area contributed by atoms with Crippen molar-refractivity contribution in [3.05, 3.63) is 35.6 Å². The average molecular weight is 314 g/mol. The van der Waals surface area contributed by atoms with E-state index >= 15 is 0 Å². The highest BCUT2D eigenvalue weighted by molar-refractivity contribution is 7.91. The first-order chi connectivity index (χ1) is 9.84. The van der Waals surface area contributed by atoms with Gasteiger partial charge < -0.3 is 5.73 Å². The first-order valence-electron chi connectivity index (χ1n) is 7.31. The molecule has 0 aliphatic carbocycles. The molecule has 1 aliphatic rings. The van der Waals surface area contributed by atoms with Crippen LogP contribution in [-0.2, 0) is 9.84 Å². The third-order valence-corrected chi connectivity index (χ3v) is 5.96. The van der Waals surface area contributed by atoms with Crippen molar-refractivity contribution in [1.29, 1.82) is 0 Å². The second kappa shape index (κ2) is 6.42. The van der Waals surface area contributed by atoms with Crippen LogP contribution in [0.1, 0.15) is 31.9 Å². The molecule has 1 fully saturated rings. The summed E-state index contributed by atoms with van der Waals surface area (Å²) in [5.74, 6) is 0.0314. The first kappa shape index (κ1) is 16.4. The van der Waals surface area contributed by atoms with Gasteiger partial charge in [-0.25, -0.2) is 12.8 Å². The van der Waals surface area contributed by atoms with E-state index in [0.717, 1.165) is 12.0 Å². The lowest BCUT2D eigenvalue weighted by molar-refractivity contribution is 0.134. The lowest BCUT2D eigenvalue weighted by Crippen LogP contribution is -2.52. The Kier molecular flexibility index (Phi) is 5.01. The standard InChI is InChI=1S/C15H23FN2O2S/c1-3-14(17)15(12-4-6-13(16)7-5-12)18-8-9-21(19,20)10-11(18)2/h4-7,11,14-15H,3,8-10,17H2,1-2H3. The van der Waals surface area contributed by atoms with Gasteiger partial charge in [-0.15, -0.1) is 0 Å². The van der Waals surface area contributed by atoms with Crippen molar-refractivity contribution in [3.63, 3.8) is 0 Å². The van der Waals surface area contributed by atoms with E-state index in [1.807, 2.05) is 13.8 Å². The summed E-state index contributed by atoms with van der Waals surface area (Å²) in [6, 6.07) is 6.05. The van der Waals surface area contributed by atoms with Gasteiger partial charge in [0.1, 0.15) is 5.82 Å². The Balaban J connectivity index is 2.30. The number of hydrogen-bond acceptors (Lipinski definition) is 4. The summed E-state index contributed by atoms with van der Waals surface area (Å²) in [7, 11) is -2.96. The van der Waals surface area contributed by atoms with Crippen molar-refractivity contribution in [2.45, 2.75) is 38.4 Å². The van der Waals surface area contributed by atoms with E-state index in [9.17, 15) is 12.8 Å². The zero-order chi connectivity index (χ0) is 15.6. The van der Waals surface area contributed by atoms with E-state index in [2.05, 4.69) is 4.90 Å². The van der Waals surface area contributed by atoms with Crippen molar-refractivity contribution in [2.75, 3.05) is 18.1 Å². The summed E-state index contributed by atoms with van der Waals surface area (Å²) in [5, 5.41) is 0. The quantitative estimate of drug-likeness (QED) is 0.919. The Morgan fingerprint density at radius 2 is 2.00 bits per heavy atom. The van der Waals surface area contributed by atoms with Gasteiger partial charge in [0.25, 0.3) is 0 Å². The Labute approximate surface area is 126 Å². The molecular formula is C15H23FN2O2S. The van der Waals surface area contributed by atoms with Crippen LogP contribution in [-0.4, -0.2) is 43.5 Å². The second-order valence-corrected chi connectivity index (χ2v) is 8.00. The van der Waals surface area contributed by atoms with Gasteiger partial charge in [0.05, 0.1) is 17.5 Å². The molecule has 21 heavy (non-hydrogen) atoms. The predicted octanol–water partition coefficient (Wildman–Crippen LogP) is 1.72. The Morgan fingerprint density at radius 1 is 1.38 bits per heavy atom. The molecule has 6 heteroatoms. The van der Waals surface area contributed by atoms with E-state index in [1.54, 1.807) is 12.1 Å². The number of rotatable bonds is 4. The predicted molar refractivity (Wildman–Crippen MR) is 82.2 cm³/mol. The summed E-state index contributed by atoms with van der Waals surface area (Å²) < 4.78 is 36.6. The fourth-order valence-corrected chi connectivity index (χ4v) is 4.57. The van der Waals surface area contributed by atoms with Crippen LogP contribution in [0.5, 0.6) is 0 Å². The van der Waals surface area contributed by atoms with Crippen LogP contribution in [0.25, 0.3) is 0 Å². The monoisotopic (exact) mass is 314 g/mol. The minimum absolute atomic E-state index is 0.0823. The fourth-order valence-electron chi connectivity index (χ4n) is 2.99. The lowest BCUT2D eigenvalue weighted by atomic mass is 9.95. The largest absolute Gasteiger partial charge is 0.326 e. The van der Waals surface area contributed by atoms with Gasteiger partial charge in [-0.2, -0.15) is 0 Å². The number of nitrogens with two attached hydrogens (primary N) is 1. The zero-order valence-electron chi connectivity index (χ0n) is 12.5. The molecule has 4 nitrogen and oxygen atoms in total. The Hall–Kier alpha value is -0.980. The van der Waals surface area contributed by atoms with Gasteiger partial charge in [-0.05, 0) is 31.0 Å². The summed E-state index contributed by atoms with van der Waals surface area (Å²) in [6.45, 7) is 4.39. The molecule has 0 saturated carbocycles. The van der Waals surface area contributed by atoms with E-state index in [0.29, 0.717) is 6.54 Å². The number of halogens is 1. The molecule has 3 unspecified atom stereocenters. The van der Waals surface area contributed by atoms with Crippen molar-refractivity contribution in [1.82, 2.24) is 4.90 Å². The van der Waals surface area contributed by atoms with E-state index < -0.39 is 9.84 Å². The van der Waals surface area contributed by atoms with Crippen LogP contribution in [0.4, 0.5) is 4.39 Å². The molecule has 118 valence electrons. The molecule has 0 aromatic heterocycles. The lowest BCUT2D eigenvalue weighted by Gasteiger charge is -2.42. The van der Waals surface area contributed by atoms with Crippen molar-refractivity contribution >= 4 is 9.84 Å². The molecule has 1 saturated heterocycles. The average Bonchev–Trinajstić information content (AvgIpc) is 2.42. The number of sulfone groups is 1. The number of hydrogen-bond donors (Lipinski definition) is 1. The molecular weight excluding hydrogens is 291 g/mol. The Bertz CT molecular complexity index is 574. The maximum Gasteiger partial charge on any atom is 0.153 e. The van der Waals surface area contributed by atoms with Gasteiger partial charge in [-0.1, -0.05) is 19.1 Å². The third kappa shape index (κ3) is 3.81. The van der Waals surface area contributed by atoms with Crippen LogP contribution >= 0.6 is 0 Å². The van der Waals surface area contributed by atoms with Gasteiger partial charge in [-0.3, -0.25) is 4.90 Å². The molecule has 1 aromatic rings. The maximum absolute atomic E-state index is 13.1. The van der Waals surface area contributed by atoms with Crippen LogP contribution in [0, 0.1) is 5.82 Å². The highest BCUT2D eigenvalue weighted by Crippen LogP contribution is 2.29. The Morgan fingerprint density at radius 3 is 2.52 bits per heavy atom. The summed E-state index contributed by atoms with van der Waals surface area (Å²) in [5.41, 5.74) is 7.20. The van der Waals surface area contributed by atoms with Crippen LogP contribution in [0.15, 0.2) is 24.3 Å². The molecule has 0 spiro atoms. The van der Waals surface area contributed by atoms with Crippen molar-refractivity contribution in [3.8, 4) is 0 Å². The summed E-state index contributed by atoms with van der Waals surface area (Å²) in [4.78, 5) is 2.14. The molecule has 1 aliphatic heterocycles. The van der Waals surface area contributed by atoms with Crippen LogP contribution in [0.2, 0.25) is 0 Å². The van der Waals surface area contributed by atoms with Crippen molar-refractivity contribution in [2.24, 2.45) is 5.73 Å². The normalized spacial score (nSPS) is 25.4. The molecule has 3 atom stereocenters. The third-order valence-electron chi connectivity index (χ3n) is 4.17. The minimum atomic E-state index is -2.96.